The predicted octanol–water partition coefficient (Wildman–Crippen LogP) is 1.75. The van der Waals surface area contributed by atoms with Crippen LogP contribution in [0.1, 0.15) is 26.2 Å². The Bertz CT molecular complexity index is 225. The van der Waals surface area contributed by atoms with Crippen molar-refractivity contribution >= 4 is 17.7 Å². The third-order valence-electron chi connectivity index (χ3n) is 3.20. The number of amides is 1. The van der Waals surface area contributed by atoms with Gasteiger partial charge in [-0.25, -0.2) is 0 Å². The van der Waals surface area contributed by atoms with Crippen LogP contribution in [0, 0.1) is 5.92 Å². The Morgan fingerprint density at radius 3 is 2.62 bits per heavy atom. The normalized spacial score (nSPS) is 30.6. The van der Waals surface area contributed by atoms with Gasteiger partial charge in [0.2, 0.25) is 5.91 Å². The lowest BCUT2D eigenvalue weighted by atomic mass is 10.2. The average Bonchev–Trinajstić information content (AvgIpc) is 2.82. The molecule has 1 saturated carbocycles. The van der Waals surface area contributed by atoms with E-state index in [9.17, 15) is 4.79 Å². The molecule has 0 N–H and O–H groups in total. The van der Waals surface area contributed by atoms with Gasteiger partial charge in [-0.3, -0.25) is 4.79 Å². The molecular formula is C10H17NOS. The van der Waals surface area contributed by atoms with Gasteiger partial charge in [-0.2, -0.15) is 0 Å². The maximum absolute atomic E-state index is 12.0. The minimum Gasteiger partial charge on any atom is -0.341 e. The second-order valence-corrected chi connectivity index (χ2v) is 5.53. The van der Waals surface area contributed by atoms with Crippen molar-refractivity contribution in [3.8, 4) is 0 Å². The van der Waals surface area contributed by atoms with Gasteiger partial charge in [0.15, 0.2) is 0 Å². The van der Waals surface area contributed by atoms with Gasteiger partial charge in [0, 0.05) is 13.1 Å². The molecule has 0 radical (unpaired) electrons. The summed E-state index contributed by atoms with van der Waals surface area (Å²) in [6, 6.07) is 0. The van der Waals surface area contributed by atoms with Crippen molar-refractivity contribution < 1.29 is 4.79 Å². The summed E-state index contributed by atoms with van der Waals surface area (Å²) in [6.07, 6.45) is 5.44. The molecule has 1 aliphatic carbocycles. The Kier molecular flexibility index (Phi) is 2.30. The molecule has 2 aliphatic rings. The largest absolute Gasteiger partial charge is 0.341 e. The summed E-state index contributed by atoms with van der Waals surface area (Å²) in [5.74, 6) is 1.12. The number of carbonyl (C=O) groups is 1. The molecule has 0 aromatic heterocycles. The first kappa shape index (κ1) is 9.38. The summed E-state index contributed by atoms with van der Waals surface area (Å²) in [5.41, 5.74) is 0. The number of carbonyl (C=O) groups excluding carboxylic acids is 1. The smallest absolute Gasteiger partial charge is 0.238 e. The second-order valence-electron chi connectivity index (χ2n) is 4.34. The molecule has 1 amide bonds. The molecule has 1 aliphatic heterocycles. The zero-order chi connectivity index (χ0) is 9.47. The first-order valence-corrected chi connectivity index (χ1v) is 6.25. The van der Waals surface area contributed by atoms with Crippen LogP contribution in [-0.2, 0) is 4.79 Å². The Hall–Kier alpha value is -0.180. The highest BCUT2D eigenvalue weighted by atomic mass is 32.2. The fraction of sp³-hybridized carbons (Fsp3) is 0.900. The van der Waals surface area contributed by atoms with E-state index in [4.69, 9.17) is 0 Å². The molecule has 3 heteroatoms. The zero-order valence-corrected chi connectivity index (χ0v) is 9.19. The van der Waals surface area contributed by atoms with Crippen molar-refractivity contribution in [2.45, 2.75) is 30.9 Å². The van der Waals surface area contributed by atoms with Crippen LogP contribution >= 0.6 is 11.8 Å². The molecule has 74 valence electrons. The van der Waals surface area contributed by atoms with Gasteiger partial charge >= 0.3 is 0 Å². The van der Waals surface area contributed by atoms with E-state index in [-0.39, 0.29) is 4.75 Å². The fourth-order valence-corrected chi connectivity index (χ4v) is 2.84. The van der Waals surface area contributed by atoms with Gasteiger partial charge in [0.25, 0.3) is 0 Å². The molecule has 0 aromatic carbocycles. The molecule has 2 fully saturated rings. The van der Waals surface area contributed by atoms with Gasteiger partial charge in [0.05, 0.1) is 4.75 Å². The summed E-state index contributed by atoms with van der Waals surface area (Å²) < 4.78 is 0.00403. The Morgan fingerprint density at radius 1 is 1.54 bits per heavy atom. The van der Waals surface area contributed by atoms with Crippen molar-refractivity contribution in [1.82, 2.24) is 4.90 Å². The molecule has 0 aromatic rings. The first-order chi connectivity index (χ1) is 6.18. The topological polar surface area (TPSA) is 20.3 Å². The number of nitrogens with zero attached hydrogens (tertiary/aromatic N) is 1. The van der Waals surface area contributed by atoms with Crippen LogP contribution < -0.4 is 0 Å². The minimum absolute atomic E-state index is 0.00403. The van der Waals surface area contributed by atoms with Gasteiger partial charge < -0.3 is 4.90 Å². The van der Waals surface area contributed by atoms with Crippen LogP contribution in [0.15, 0.2) is 0 Å². The summed E-state index contributed by atoms with van der Waals surface area (Å²) in [6.45, 7) is 4.20. The molecule has 0 spiro atoms. The lowest BCUT2D eigenvalue weighted by Gasteiger charge is -2.21. The van der Waals surface area contributed by atoms with Gasteiger partial charge in [-0.05, 0) is 31.4 Å². The number of hydrogen-bond acceptors (Lipinski definition) is 2. The quantitative estimate of drug-likeness (QED) is 0.675. The average molecular weight is 199 g/mol. The van der Waals surface area contributed by atoms with E-state index in [0.29, 0.717) is 11.8 Å². The SMILES string of the molecule is CSC1(C(=O)N2CCC(C)C2)CC1. The lowest BCUT2D eigenvalue weighted by Crippen LogP contribution is -2.37. The van der Waals surface area contributed by atoms with Crippen LogP contribution in [0.25, 0.3) is 0 Å². The molecule has 1 atom stereocenters. The Morgan fingerprint density at radius 2 is 2.23 bits per heavy atom. The highest BCUT2D eigenvalue weighted by Gasteiger charge is 2.51. The maximum Gasteiger partial charge on any atom is 0.238 e. The molecule has 2 nitrogen and oxygen atoms in total. The van der Waals surface area contributed by atoms with E-state index in [1.54, 1.807) is 11.8 Å². The summed E-state index contributed by atoms with van der Waals surface area (Å²) >= 11 is 1.74. The molecule has 1 saturated heterocycles. The summed E-state index contributed by atoms with van der Waals surface area (Å²) in [5, 5.41) is 0. The molecule has 2 rings (SSSR count). The molecule has 1 unspecified atom stereocenters. The molecule has 1 heterocycles. The number of rotatable bonds is 2. The van der Waals surface area contributed by atoms with Crippen molar-refractivity contribution in [3.05, 3.63) is 0 Å². The van der Waals surface area contributed by atoms with Gasteiger partial charge in [0.1, 0.15) is 0 Å². The molecular weight excluding hydrogens is 182 g/mol. The Balaban J connectivity index is 1.98. The van der Waals surface area contributed by atoms with Gasteiger partial charge in [-0.15, -0.1) is 11.8 Å². The highest BCUT2D eigenvalue weighted by Crippen LogP contribution is 2.49. The van der Waals surface area contributed by atoms with E-state index in [2.05, 4.69) is 18.1 Å². The van der Waals surface area contributed by atoms with E-state index >= 15 is 0 Å². The zero-order valence-electron chi connectivity index (χ0n) is 8.38. The number of hydrogen-bond donors (Lipinski definition) is 0. The fourth-order valence-electron chi connectivity index (χ4n) is 2.03. The van der Waals surface area contributed by atoms with E-state index in [1.807, 2.05) is 0 Å². The maximum atomic E-state index is 12.0. The number of thioether (sulfide) groups is 1. The van der Waals surface area contributed by atoms with Crippen molar-refractivity contribution in [2.75, 3.05) is 19.3 Å². The predicted molar refractivity (Wildman–Crippen MR) is 55.8 cm³/mol. The minimum atomic E-state index is 0.00403. The standard InChI is InChI=1S/C10H17NOS/c1-8-3-6-11(7-8)9(12)10(13-2)4-5-10/h8H,3-7H2,1-2H3. The lowest BCUT2D eigenvalue weighted by molar-refractivity contribution is -0.130. The highest BCUT2D eigenvalue weighted by molar-refractivity contribution is 8.01. The van der Waals surface area contributed by atoms with Gasteiger partial charge in [-0.1, -0.05) is 6.92 Å². The molecule has 13 heavy (non-hydrogen) atoms. The third-order valence-corrected chi connectivity index (χ3v) is 4.56. The monoisotopic (exact) mass is 199 g/mol. The van der Waals surface area contributed by atoms with Crippen molar-refractivity contribution in [1.29, 1.82) is 0 Å². The van der Waals surface area contributed by atoms with E-state index in [1.165, 1.54) is 6.42 Å². The second kappa shape index (κ2) is 3.19. The first-order valence-electron chi connectivity index (χ1n) is 5.02. The van der Waals surface area contributed by atoms with Crippen molar-refractivity contribution in [3.63, 3.8) is 0 Å². The van der Waals surface area contributed by atoms with Crippen LogP contribution in [0.4, 0.5) is 0 Å². The van der Waals surface area contributed by atoms with E-state index < -0.39 is 0 Å². The van der Waals surface area contributed by atoms with E-state index in [0.717, 1.165) is 25.9 Å². The van der Waals surface area contributed by atoms with Crippen LogP contribution in [0.5, 0.6) is 0 Å². The molecule has 0 bridgehead atoms. The Labute approximate surface area is 84.1 Å². The van der Waals surface area contributed by atoms with Crippen LogP contribution in [0.2, 0.25) is 0 Å². The number of likely N-dealkylation sites (tertiary alicyclic amines) is 1. The van der Waals surface area contributed by atoms with Crippen LogP contribution in [-0.4, -0.2) is 34.9 Å². The van der Waals surface area contributed by atoms with Crippen LogP contribution in [0.3, 0.4) is 0 Å². The summed E-state index contributed by atoms with van der Waals surface area (Å²) in [7, 11) is 0. The van der Waals surface area contributed by atoms with Crippen molar-refractivity contribution in [2.24, 2.45) is 5.92 Å². The third kappa shape index (κ3) is 1.58. The summed E-state index contributed by atoms with van der Waals surface area (Å²) in [4.78, 5) is 14.1.